The molecule has 4 rings (SSSR count). The first-order valence-electron chi connectivity index (χ1n) is 8.25. The first-order chi connectivity index (χ1) is 11.4. The van der Waals surface area contributed by atoms with Gasteiger partial charge in [-0.2, -0.15) is 0 Å². The minimum absolute atomic E-state index is 0.342. The van der Waals surface area contributed by atoms with Crippen molar-refractivity contribution in [2.75, 3.05) is 57.4 Å². The Kier molecular flexibility index (Phi) is 4.32. The molecule has 1 unspecified atom stereocenters. The number of pyridine rings is 1. The molecule has 0 bridgehead atoms. The average Bonchev–Trinajstić information content (AvgIpc) is 2.63. The van der Waals surface area contributed by atoms with E-state index in [1.165, 1.54) is 0 Å². The van der Waals surface area contributed by atoms with Gasteiger partial charge in [0.15, 0.2) is 5.65 Å². The Morgan fingerprint density at radius 3 is 2.83 bits per heavy atom. The lowest BCUT2D eigenvalue weighted by Gasteiger charge is -2.41. The largest absolute Gasteiger partial charge is 0.377 e. The Balaban J connectivity index is 1.61. The van der Waals surface area contributed by atoms with Gasteiger partial charge in [-0.25, -0.2) is 15.0 Å². The Morgan fingerprint density at radius 2 is 1.91 bits per heavy atom. The number of hydrogen-bond donors (Lipinski definition) is 1. The molecule has 2 aromatic rings. The van der Waals surface area contributed by atoms with Crippen molar-refractivity contribution >= 4 is 16.9 Å². The van der Waals surface area contributed by atoms with Crippen molar-refractivity contribution in [3.8, 4) is 0 Å². The van der Waals surface area contributed by atoms with Crippen LogP contribution in [0.15, 0.2) is 24.7 Å². The second-order valence-corrected chi connectivity index (χ2v) is 6.03. The third kappa shape index (κ3) is 3.12. The number of aromatic nitrogens is 3. The van der Waals surface area contributed by atoms with Crippen molar-refractivity contribution in [3.63, 3.8) is 0 Å². The lowest BCUT2D eigenvalue weighted by Crippen LogP contribution is -2.54. The van der Waals surface area contributed by atoms with Gasteiger partial charge in [-0.1, -0.05) is 0 Å². The minimum atomic E-state index is 0.342. The molecule has 0 amide bonds. The van der Waals surface area contributed by atoms with Crippen LogP contribution in [-0.2, 0) is 4.74 Å². The summed E-state index contributed by atoms with van der Waals surface area (Å²) in [5.41, 5.74) is 2.70. The zero-order valence-electron chi connectivity index (χ0n) is 13.2. The van der Waals surface area contributed by atoms with Gasteiger partial charge in [0.1, 0.15) is 5.52 Å². The number of nitrogens with one attached hydrogen (secondary N) is 1. The number of anilines is 1. The minimum Gasteiger partial charge on any atom is -0.377 e. The van der Waals surface area contributed by atoms with Gasteiger partial charge < -0.3 is 15.0 Å². The summed E-state index contributed by atoms with van der Waals surface area (Å²) in [4.78, 5) is 18.1. The Hall–Kier alpha value is -1.83. The standard InChI is InChI=1S/C16H22N6O/c1-2-19-16-15(18-3-4-20-16)14(1)22-9-10-23-12-13(22)11-21-7-5-17-6-8-21/h1-4,13,17H,5-12H2. The van der Waals surface area contributed by atoms with E-state index >= 15 is 0 Å². The smallest absolute Gasteiger partial charge is 0.180 e. The fourth-order valence-electron chi connectivity index (χ4n) is 3.41. The molecule has 1 atom stereocenters. The zero-order valence-corrected chi connectivity index (χ0v) is 13.2. The summed E-state index contributed by atoms with van der Waals surface area (Å²) in [6, 6.07) is 2.39. The van der Waals surface area contributed by atoms with E-state index < -0.39 is 0 Å². The zero-order chi connectivity index (χ0) is 15.5. The summed E-state index contributed by atoms with van der Waals surface area (Å²) in [6.07, 6.45) is 5.25. The maximum absolute atomic E-state index is 5.75. The maximum atomic E-state index is 5.75. The van der Waals surface area contributed by atoms with Crippen LogP contribution in [0.25, 0.3) is 11.2 Å². The Labute approximate surface area is 135 Å². The molecule has 2 saturated heterocycles. The predicted octanol–water partition coefficient (Wildman–Crippen LogP) is 0.135. The van der Waals surface area contributed by atoms with E-state index in [0.29, 0.717) is 11.7 Å². The molecule has 2 aliphatic heterocycles. The second-order valence-electron chi connectivity index (χ2n) is 6.03. The molecule has 7 nitrogen and oxygen atoms in total. The van der Waals surface area contributed by atoms with E-state index in [4.69, 9.17) is 4.74 Å². The van der Waals surface area contributed by atoms with E-state index in [0.717, 1.165) is 63.7 Å². The van der Waals surface area contributed by atoms with Crippen LogP contribution >= 0.6 is 0 Å². The molecule has 0 radical (unpaired) electrons. The second kappa shape index (κ2) is 6.74. The number of nitrogens with zero attached hydrogens (tertiary/aromatic N) is 5. The van der Waals surface area contributed by atoms with Crippen LogP contribution in [0, 0.1) is 0 Å². The number of hydrogen-bond acceptors (Lipinski definition) is 7. The van der Waals surface area contributed by atoms with Crippen LogP contribution in [0.1, 0.15) is 0 Å². The Bertz CT molecular complexity index is 655. The molecule has 0 aliphatic carbocycles. The van der Waals surface area contributed by atoms with Crippen molar-refractivity contribution in [2.45, 2.75) is 6.04 Å². The van der Waals surface area contributed by atoms with Gasteiger partial charge in [0.25, 0.3) is 0 Å². The summed E-state index contributed by atoms with van der Waals surface area (Å²) in [5.74, 6) is 0. The fraction of sp³-hybridized carbons (Fsp3) is 0.562. The Morgan fingerprint density at radius 1 is 1.09 bits per heavy atom. The monoisotopic (exact) mass is 314 g/mol. The van der Waals surface area contributed by atoms with Gasteiger partial charge in [0.05, 0.1) is 24.9 Å². The average molecular weight is 314 g/mol. The molecule has 23 heavy (non-hydrogen) atoms. The molecule has 2 aliphatic rings. The molecule has 2 aromatic heterocycles. The third-order valence-corrected chi connectivity index (χ3v) is 4.57. The van der Waals surface area contributed by atoms with Gasteiger partial charge in [-0.3, -0.25) is 4.90 Å². The normalized spacial score (nSPS) is 23.3. The van der Waals surface area contributed by atoms with Gasteiger partial charge in [0, 0.05) is 57.9 Å². The molecular formula is C16H22N6O. The molecule has 1 N–H and O–H groups in total. The summed E-state index contributed by atoms with van der Waals surface area (Å²) in [6.45, 7) is 7.74. The van der Waals surface area contributed by atoms with Gasteiger partial charge in [0.2, 0.25) is 0 Å². The van der Waals surface area contributed by atoms with Crippen molar-refractivity contribution in [3.05, 3.63) is 24.7 Å². The first-order valence-corrected chi connectivity index (χ1v) is 8.25. The van der Waals surface area contributed by atoms with Crippen LogP contribution in [0.2, 0.25) is 0 Å². The first kappa shape index (κ1) is 14.7. The van der Waals surface area contributed by atoms with E-state index in [-0.39, 0.29) is 0 Å². The van der Waals surface area contributed by atoms with Crippen molar-refractivity contribution in [1.29, 1.82) is 0 Å². The van der Waals surface area contributed by atoms with Crippen LogP contribution in [-0.4, -0.2) is 78.4 Å². The topological polar surface area (TPSA) is 66.4 Å². The molecule has 7 heteroatoms. The van der Waals surface area contributed by atoms with Crippen LogP contribution < -0.4 is 10.2 Å². The molecule has 4 heterocycles. The van der Waals surface area contributed by atoms with E-state index in [2.05, 4.69) is 30.1 Å². The molecule has 0 spiro atoms. The van der Waals surface area contributed by atoms with Crippen molar-refractivity contribution < 1.29 is 4.74 Å². The highest BCUT2D eigenvalue weighted by molar-refractivity contribution is 5.85. The molecular weight excluding hydrogens is 292 g/mol. The van der Waals surface area contributed by atoms with Crippen molar-refractivity contribution in [2.24, 2.45) is 0 Å². The number of ether oxygens (including phenoxy) is 1. The summed E-state index contributed by atoms with van der Waals surface area (Å²) in [7, 11) is 0. The highest BCUT2D eigenvalue weighted by atomic mass is 16.5. The number of fused-ring (bicyclic) bond motifs is 1. The quantitative estimate of drug-likeness (QED) is 0.864. The van der Waals surface area contributed by atoms with E-state index in [1.807, 2.05) is 12.3 Å². The van der Waals surface area contributed by atoms with Crippen LogP contribution in [0.4, 0.5) is 5.69 Å². The van der Waals surface area contributed by atoms with Gasteiger partial charge in [-0.05, 0) is 6.07 Å². The third-order valence-electron chi connectivity index (χ3n) is 4.57. The van der Waals surface area contributed by atoms with Crippen LogP contribution in [0.3, 0.4) is 0 Å². The van der Waals surface area contributed by atoms with Crippen LogP contribution in [0.5, 0.6) is 0 Å². The summed E-state index contributed by atoms with van der Waals surface area (Å²) >= 11 is 0. The highest BCUT2D eigenvalue weighted by Gasteiger charge is 2.27. The van der Waals surface area contributed by atoms with E-state index in [1.54, 1.807) is 12.4 Å². The van der Waals surface area contributed by atoms with Gasteiger partial charge in [-0.15, -0.1) is 0 Å². The lowest BCUT2D eigenvalue weighted by molar-refractivity contribution is 0.0772. The van der Waals surface area contributed by atoms with Crippen molar-refractivity contribution in [1.82, 2.24) is 25.2 Å². The fourth-order valence-corrected chi connectivity index (χ4v) is 3.41. The number of morpholine rings is 1. The molecule has 122 valence electrons. The number of rotatable bonds is 3. The molecule has 0 aromatic carbocycles. The maximum Gasteiger partial charge on any atom is 0.180 e. The predicted molar refractivity (Wildman–Crippen MR) is 88.6 cm³/mol. The highest BCUT2D eigenvalue weighted by Crippen LogP contribution is 2.26. The van der Waals surface area contributed by atoms with E-state index in [9.17, 15) is 0 Å². The van der Waals surface area contributed by atoms with Gasteiger partial charge >= 0.3 is 0 Å². The number of piperazine rings is 1. The molecule has 0 saturated carbocycles. The SMILES string of the molecule is c1cnc2c(N3CCOCC3CN3CCNCC3)ccnc2n1. The molecule has 2 fully saturated rings. The summed E-state index contributed by atoms with van der Waals surface area (Å²) in [5, 5.41) is 3.41. The summed E-state index contributed by atoms with van der Waals surface area (Å²) < 4.78 is 5.75. The lowest BCUT2D eigenvalue weighted by atomic mass is 10.1.